The van der Waals surface area contributed by atoms with Gasteiger partial charge in [0.15, 0.2) is 0 Å². The number of nitrogens with one attached hydrogen (secondary N) is 1. The lowest BCUT2D eigenvalue weighted by molar-refractivity contribution is 0.0985. The second kappa shape index (κ2) is 6.75. The maximum absolute atomic E-state index is 3.61. The third-order valence-electron chi connectivity index (χ3n) is 4.93. The predicted octanol–water partition coefficient (Wildman–Crippen LogP) is 3.03. The molecule has 100 valence electrons. The standard InChI is InChI=1S/C15H30N2/c1-3-13-9-11-17(12-10-13)15-7-5-14(6-8-15)16-4-2/h13-16H,3-12H2,1-2H3. The summed E-state index contributed by atoms with van der Waals surface area (Å²) in [7, 11) is 0. The lowest BCUT2D eigenvalue weighted by Crippen LogP contribution is -2.45. The third-order valence-corrected chi connectivity index (χ3v) is 4.93. The van der Waals surface area contributed by atoms with Crippen LogP contribution in [0.5, 0.6) is 0 Å². The molecule has 0 amide bonds. The normalized spacial score (nSPS) is 32.8. The van der Waals surface area contributed by atoms with Gasteiger partial charge in [-0.05, 0) is 64.1 Å². The highest BCUT2D eigenvalue weighted by atomic mass is 15.2. The van der Waals surface area contributed by atoms with Gasteiger partial charge in [0.2, 0.25) is 0 Å². The molecule has 0 aromatic rings. The minimum Gasteiger partial charge on any atom is -0.314 e. The molecule has 17 heavy (non-hydrogen) atoms. The van der Waals surface area contributed by atoms with E-state index in [2.05, 4.69) is 24.1 Å². The highest BCUT2D eigenvalue weighted by molar-refractivity contribution is 4.84. The Kier molecular flexibility index (Phi) is 5.30. The molecular weight excluding hydrogens is 208 g/mol. The van der Waals surface area contributed by atoms with E-state index >= 15 is 0 Å². The van der Waals surface area contributed by atoms with Crippen molar-refractivity contribution in [3.8, 4) is 0 Å². The maximum atomic E-state index is 3.61. The minimum absolute atomic E-state index is 0.810. The van der Waals surface area contributed by atoms with Crippen molar-refractivity contribution in [1.29, 1.82) is 0 Å². The highest BCUT2D eigenvalue weighted by Gasteiger charge is 2.27. The average Bonchev–Trinajstić information content (AvgIpc) is 2.40. The Hall–Kier alpha value is -0.0800. The number of hydrogen-bond donors (Lipinski definition) is 1. The first-order chi connectivity index (χ1) is 8.33. The van der Waals surface area contributed by atoms with Gasteiger partial charge in [-0.25, -0.2) is 0 Å². The Labute approximate surface area is 107 Å². The van der Waals surface area contributed by atoms with Crippen LogP contribution in [0.4, 0.5) is 0 Å². The first kappa shape index (κ1) is 13.4. The van der Waals surface area contributed by atoms with Crippen molar-refractivity contribution in [2.45, 2.75) is 70.9 Å². The Bertz CT molecular complexity index is 201. The van der Waals surface area contributed by atoms with Crippen LogP contribution >= 0.6 is 0 Å². The predicted molar refractivity (Wildman–Crippen MR) is 74.3 cm³/mol. The molecule has 0 bridgehead atoms. The lowest BCUT2D eigenvalue weighted by atomic mass is 9.87. The number of hydrogen-bond acceptors (Lipinski definition) is 2. The van der Waals surface area contributed by atoms with Gasteiger partial charge in [0.1, 0.15) is 0 Å². The summed E-state index contributed by atoms with van der Waals surface area (Å²) in [4.78, 5) is 2.79. The molecule has 2 rings (SSSR count). The van der Waals surface area contributed by atoms with Crippen LogP contribution in [0, 0.1) is 5.92 Å². The number of nitrogens with zero attached hydrogens (tertiary/aromatic N) is 1. The van der Waals surface area contributed by atoms with Crippen LogP contribution in [-0.2, 0) is 0 Å². The van der Waals surface area contributed by atoms with Gasteiger partial charge in [-0.1, -0.05) is 20.3 Å². The molecule has 1 aliphatic carbocycles. The van der Waals surface area contributed by atoms with Crippen LogP contribution in [0.15, 0.2) is 0 Å². The van der Waals surface area contributed by atoms with E-state index in [-0.39, 0.29) is 0 Å². The van der Waals surface area contributed by atoms with Crippen LogP contribution < -0.4 is 5.32 Å². The quantitative estimate of drug-likeness (QED) is 0.810. The monoisotopic (exact) mass is 238 g/mol. The molecule has 2 fully saturated rings. The van der Waals surface area contributed by atoms with E-state index in [4.69, 9.17) is 0 Å². The number of likely N-dealkylation sites (tertiary alicyclic amines) is 1. The van der Waals surface area contributed by atoms with Gasteiger partial charge in [-0.2, -0.15) is 0 Å². The average molecular weight is 238 g/mol. The molecular formula is C15H30N2. The Morgan fingerprint density at radius 2 is 1.59 bits per heavy atom. The van der Waals surface area contributed by atoms with Gasteiger partial charge < -0.3 is 10.2 Å². The van der Waals surface area contributed by atoms with E-state index in [1.165, 1.54) is 58.0 Å². The third kappa shape index (κ3) is 3.69. The summed E-state index contributed by atoms with van der Waals surface area (Å²) < 4.78 is 0. The van der Waals surface area contributed by atoms with Crippen LogP contribution in [0.25, 0.3) is 0 Å². The van der Waals surface area contributed by atoms with Gasteiger partial charge in [-0.3, -0.25) is 0 Å². The summed E-state index contributed by atoms with van der Waals surface area (Å²) in [5.41, 5.74) is 0. The molecule has 2 nitrogen and oxygen atoms in total. The van der Waals surface area contributed by atoms with Crippen molar-refractivity contribution in [1.82, 2.24) is 10.2 Å². The van der Waals surface area contributed by atoms with Crippen molar-refractivity contribution in [2.75, 3.05) is 19.6 Å². The zero-order valence-electron chi connectivity index (χ0n) is 11.8. The van der Waals surface area contributed by atoms with Crippen molar-refractivity contribution < 1.29 is 0 Å². The first-order valence-corrected chi connectivity index (χ1v) is 7.80. The van der Waals surface area contributed by atoms with E-state index in [1.807, 2.05) is 0 Å². The van der Waals surface area contributed by atoms with E-state index in [0.717, 1.165) is 24.5 Å². The fraction of sp³-hybridized carbons (Fsp3) is 1.00. The van der Waals surface area contributed by atoms with Crippen molar-refractivity contribution in [2.24, 2.45) is 5.92 Å². The second-order valence-electron chi connectivity index (χ2n) is 5.95. The molecule has 2 aliphatic rings. The molecule has 0 unspecified atom stereocenters. The van der Waals surface area contributed by atoms with Crippen LogP contribution in [0.3, 0.4) is 0 Å². The minimum atomic E-state index is 0.810. The summed E-state index contributed by atoms with van der Waals surface area (Å²) in [5, 5.41) is 3.61. The summed E-state index contributed by atoms with van der Waals surface area (Å²) >= 11 is 0. The number of rotatable bonds is 4. The Morgan fingerprint density at radius 1 is 0.941 bits per heavy atom. The Balaban J connectivity index is 1.70. The molecule has 1 aliphatic heterocycles. The SMILES string of the molecule is CCNC1CCC(N2CCC(CC)CC2)CC1. The van der Waals surface area contributed by atoms with Crippen LogP contribution in [-0.4, -0.2) is 36.6 Å². The summed E-state index contributed by atoms with van der Waals surface area (Å²) in [6, 6.07) is 1.71. The summed E-state index contributed by atoms with van der Waals surface area (Å²) in [5.74, 6) is 1.02. The topological polar surface area (TPSA) is 15.3 Å². The molecule has 0 spiro atoms. The molecule has 2 heteroatoms. The molecule has 0 aromatic carbocycles. The highest BCUT2D eigenvalue weighted by Crippen LogP contribution is 2.28. The molecule has 0 aromatic heterocycles. The zero-order chi connectivity index (χ0) is 12.1. The molecule has 1 saturated carbocycles. The van der Waals surface area contributed by atoms with E-state index in [1.54, 1.807) is 0 Å². The first-order valence-electron chi connectivity index (χ1n) is 7.80. The molecule has 0 atom stereocenters. The fourth-order valence-electron chi connectivity index (χ4n) is 3.66. The molecule has 1 N–H and O–H groups in total. The van der Waals surface area contributed by atoms with Gasteiger partial charge in [0.05, 0.1) is 0 Å². The summed E-state index contributed by atoms with van der Waals surface area (Å²) in [6.45, 7) is 8.45. The second-order valence-corrected chi connectivity index (χ2v) is 5.95. The van der Waals surface area contributed by atoms with Crippen LogP contribution in [0.1, 0.15) is 58.8 Å². The fourth-order valence-corrected chi connectivity index (χ4v) is 3.66. The van der Waals surface area contributed by atoms with Crippen molar-refractivity contribution in [3.05, 3.63) is 0 Å². The molecule has 0 radical (unpaired) electrons. The zero-order valence-corrected chi connectivity index (χ0v) is 11.8. The van der Waals surface area contributed by atoms with E-state index in [0.29, 0.717) is 0 Å². The maximum Gasteiger partial charge on any atom is 0.00964 e. The van der Waals surface area contributed by atoms with Gasteiger partial charge in [-0.15, -0.1) is 0 Å². The van der Waals surface area contributed by atoms with Crippen LogP contribution in [0.2, 0.25) is 0 Å². The smallest absolute Gasteiger partial charge is 0.00964 e. The molecule has 1 heterocycles. The van der Waals surface area contributed by atoms with Gasteiger partial charge in [0, 0.05) is 12.1 Å². The largest absolute Gasteiger partial charge is 0.314 e. The van der Waals surface area contributed by atoms with Crippen molar-refractivity contribution >= 4 is 0 Å². The number of piperidine rings is 1. The molecule has 1 saturated heterocycles. The summed E-state index contributed by atoms with van der Waals surface area (Å²) in [6.07, 6.45) is 9.93. The lowest BCUT2D eigenvalue weighted by Gasteiger charge is -2.40. The van der Waals surface area contributed by atoms with Gasteiger partial charge >= 0.3 is 0 Å². The van der Waals surface area contributed by atoms with Gasteiger partial charge in [0.25, 0.3) is 0 Å². The van der Waals surface area contributed by atoms with Crippen molar-refractivity contribution in [3.63, 3.8) is 0 Å². The van der Waals surface area contributed by atoms with E-state index in [9.17, 15) is 0 Å². The Morgan fingerprint density at radius 3 is 2.12 bits per heavy atom. The van der Waals surface area contributed by atoms with E-state index < -0.39 is 0 Å².